The minimum Gasteiger partial charge on any atom is -0.396 e. The summed E-state index contributed by atoms with van der Waals surface area (Å²) in [5.74, 6) is 0. The van der Waals surface area contributed by atoms with Gasteiger partial charge in [0, 0.05) is 18.5 Å². The molecule has 2 N–H and O–H groups in total. The molecule has 1 aliphatic heterocycles. The third kappa shape index (κ3) is 8.39. The molecule has 1 unspecified atom stereocenters. The van der Waals surface area contributed by atoms with Gasteiger partial charge in [-0.25, -0.2) is 4.57 Å². The molecule has 0 bridgehead atoms. The molecule has 0 spiro atoms. The molecule has 8 heteroatoms. The van der Waals surface area contributed by atoms with Crippen molar-refractivity contribution >= 4 is 7.82 Å². The van der Waals surface area contributed by atoms with Crippen molar-refractivity contribution < 1.29 is 28.5 Å². The van der Waals surface area contributed by atoms with Crippen molar-refractivity contribution in [3.63, 3.8) is 0 Å². The van der Waals surface area contributed by atoms with Crippen LogP contribution in [0.3, 0.4) is 0 Å². The van der Waals surface area contributed by atoms with Gasteiger partial charge in [-0.3, -0.25) is 13.9 Å². The molecular weight excluding hydrogens is 333 g/mol. The molecule has 0 aromatic rings. The van der Waals surface area contributed by atoms with E-state index in [1.54, 1.807) is 0 Å². The second-order valence-electron chi connectivity index (χ2n) is 8.87. The average molecular weight is 367 g/mol. The fourth-order valence-electron chi connectivity index (χ4n) is 2.32. The summed E-state index contributed by atoms with van der Waals surface area (Å²) in [6.07, 6.45) is 1.25. The van der Waals surface area contributed by atoms with Gasteiger partial charge in [0.25, 0.3) is 0 Å². The van der Waals surface area contributed by atoms with Crippen LogP contribution in [0.15, 0.2) is 0 Å². The predicted molar refractivity (Wildman–Crippen MR) is 92.3 cm³/mol. The van der Waals surface area contributed by atoms with Gasteiger partial charge in [0.15, 0.2) is 0 Å². The number of hydroxylamine groups is 2. The van der Waals surface area contributed by atoms with Crippen molar-refractivity contribution in [2.75, 3.05) is 32.9 Å². The lowest BCUT2D eigenvalue weighted by molar-refractivity contribution is -0.247. The predicted octanol–water partition coefficient (Wildman–Crippen LogP) is 2.97. The summed E-state index contributed by atoms with van der Waals surface area (Å²) in [5, 5.41) is 11.6. The monoisotopic (exact) mass is 367 g/mol. The Labute approximate surface area is 145 Å². The highest BCUT2D eigenvalue weighted by Crippen LogP contribution is 2.47. The molecule has 0 amide bonds. The van der Waals surface area contributed by atoms with Gasteiger partial charge < -0.3 is 10.00 Å². The molecule has 24 heavy (non-hydrogen) atoms. The summed E-state index contributed by atoms with van der Waals surface area (Å²) in [4.78, 5) is 15.6. The van der Waals surface area contributed by atoms with Crippen LogP contribution in [0.1, 0.15) is 54.4 Å². The second-order valence-corrected chi connectivity index (χ2v) is 10.3. The Kier molecular flexibility index (Phi) is 7.46. The molecule has 0 aromatic heterocycles. The molecule has 144 valence electrons. The molecular formula is C16H34NO6P. The maximum absolute atomic E-state index is 12.0. The highest BCUT2D eigenvalue weighted by Gasteiger charge is 2.38. The number of aliphatic hydroxyl groups excluding tert-OH is 1. The summed E-state index contributed by atoms with van der Waals surface area (Å²) >= 11 is 0. The zero-order chi connectivity index (χ0) is 18.6. The normalized spacial score (nSPS) is 22.3. The average Bonchev–Trinajstić information content (AvgIpc) is 2.43. The Hall–Kier alpha value is -0.0100. The minimum absolute atomic E-state index is 0.00915. The SMILES string of the molecule is CC(C)(C)COP(=O)(O)OCC1(CO)CCN(OC(C)(C)C)CC1. The van der Waals surface area contributed by atoms with Gasteiger partial charge in [0.1, 0.15) is 0 Å². The largest absolute Gasteiger partial charge is 0.472 e. The standard InChI is InChI=1S/C16H34NO6P/c1-14(2,3)12-21-24(19,20)22-13-16(11-18)7-9-17(10-8-16)23-15(4,5)6/h18H,7-13H2,1-6H3,(H,19,20). The molecule has 7 nitrogen and oxygen atoms in total. The zero-order valence-electron chi connectivity index (χ0n) is 15.9. The van der Waals surface area contributed by atoms with Crippen molar-refractivity contribution in [3.05, 3.63) is 0 Å². The molecule has 1 saturated heterocycles. The Morgan fingerprint density at radius 3 is 2.04 bits per heavy atom. The highest BCUT2D eigenvalue weighted by atomic mass is 31.2. The number of phosphoric ester groups is 1. The van der Waals surface area contributed by atoms with Gasteiger partial charge in [-0.05, 0) is 39.0 Å². The smallest absolute Gasteiger partial charge is 0.396 e. The Morgan fingerprint density at radius 1 is 1.08 bits per heavy atom. The molecule has 1 fully saturated rings. The number of piperidine rings is 1. The number of aliphatic hydroxyl groups is 1. The summed E-state index contributed by atoms with van der Waals surface area (Å²) in [6, 6.07) is 0. The van der Waals surface area contributed by atoms with Gasteiger partial charge in [0.2, 0.25) is 0 Å². The van der Waals surface area contributed by atoms with Crippen molar-refractivity contribution in [1.29, 1.82) is 0 Å². The minimum atomic E-state index is -4.12. The second kappa shape index (κ2) is 8.12. The molecule has 1 heterocycles. The van der Waals surface area contributed by atoms with E-state index in [-0.39, 0.29) is 30.8 Å². The van der Waals surface area contributed by atoms with Crippen LogP contribution in [-0.4, -0.2) is 53.6 Å². The van der Waals surface area contributed by atoms with Crippen LogP contribution in [0, 0.1) is 10.8 Å². The summed E-state index contributed by atoms with van der Waals surface area (Å²) in [6.45, 7) is 13.0. The first-order chi connectivity index (χ1) is 10.8. The lowest BCUT2D eigenvalue weighted by atomic mass is 9.80. The first kappa shape index (κ1) is 22.0. The molecule has 0 aliphatic carbocycles. The van der Waals surface area contributed by atoms with Crippen molar-refractivity contribution in [2.24, 2.45) is 10.8 Å². The molecule has 1 rings (SSSR count). The Morgan fingerprint density at radius 2 is 1.62 bits per heavy atom. The van der Waals surface area contributed by atoms with Crippen LogP contribution in [-0.2, 0) is 18.5 Å². The quantitative estimate of drug-likeness (QED) is 0.669. The number of phosphoric acid groups is 1. The van der Waals surface area contributed by atoms with E-state index in [4.69, 9.17) is 13.9 Å². The molecule has 0 aromatic carbocycles. The molecule has 0 saturated carbocycles. The molecule has 1 atom stereocenters. The van der Waals surface area contributed by atoms with Gasteiger partial charge in [-0.1, -0.05) is 20.8 Å². The Balaban J connectivity index is 2.51. The number of nitrogens with zero attached hydrogens (tertiary/aromatic N) is 1. The van der Waals surface area contributed by atoms with Crippen LogP contribution in [0.2, 0.25) is 0 Å². The van der Waals surface area contributed by atoms with E-state index in [0.29, 0.717) is 25.9 Å². The van der Waals surface area contributed by atoms with Crippen LogP contribution in [0.25, 0.3) is 0 Å². The van der Waals surface area contributed by atoms with Crippen LogP contribution in [0.5, 0.6) is 0 Å². The number of rotatable bonds is 7. The fraction of sp³-hybridized carbons (Fsp3) is 1.00. The van der Waals surface area contributed by atoms with E-state index >= 15 is 0 Å². The van der Waals surface area contributed by atoms with Gasteiger partial charge >= 0.3 is 7.82 Å². The van der Waals surface area contributed by atoms with Crippen LogP contribution >= 0.6 is 7.82 Å². The third-order valence-corrected chi connectivity index (χ3v) is 4.63. The van der Waals surface area contributed by atoms with Gasteiger partial charge in [0.05, 0.1) is 25.4 Å². The lowest BCUT2D eigenvalue weighted by Gasteiger charge is -2.41. The van der Waals surface area contributed by atoms with Crippen molar-refractivity contribution in [2.45, 2.75) is 60.0 Å². The molecule has 1 aliphatic rings. The highest BCUT2D eigenvalue weighted by molar-refractivity contribution is 7.47. The first-order valence-electron chi connectivity index (χ1n) is 8.43. The van der Waals surface area contributed by atoms with Gasteiger partial charge in [-0.2, -0.15) is 5.06 Å². The van der Waals surface area contributed by atoms with E-state index in [2.05, 4.69) is 0 Å². The van der Waals surface area contributed by atoms with Gasteiger partial charge in [-0.15, -0.1) is 0 Å². The van der Waals surface area contributed by atoms with E-state index in [1.165, 1.54) is 0 Å². The molecule has 0 radical (unpaired) electrons. The first-order valence-corrected chi connectivity index (χ1v) is 9.92. The summed E-state index contributed by atoms with van der Waals surface area (Å²) in [5.41, 5.74) is -1.04. The maximum atomic E-state index is 12.0. The fourth-order valence-corrected chi connectivity index (χ4v) is 3.38. The summed E-state index contributed by atoms with van der Waals surface area (Å²) in [7, 11) is -4.12. The zero-order valence-corrected chi connectivity index (χ0v) is 16.8. The lowest BCUT2D eigenvalue weighted by Crippen LogP contribution is -2.46. The van der Waals surface area contributed by atoms with Crippen molar-refractivity contribution in [3.8, 4) is 0 Å². The third-order valence-electron chi connectivity index (χ3n) is 3.72. The van der Waals surface area contributed by atoms with Crippen LogP contribution in [0.4, 0.5) is 0 Å². The number of hydrogen-bond donors (Lipinski definition) is 2. The summed E-state index contributed by atoms with van der Waals surface area (Å²) < 4.78 is 22.2. The maximum Gasteiger partial charge on any atom is 0.472 e. The topological polar surface area (TPSA) is 88.5 Å². The Bertz CT molecular complexity index is 435. The van der Waals surface area contributed by atoms with E-state index in [1.807, 2.05) is 46.6 Å². The van der Waals surface area contributed by atoms with Crippen LogP contribution < -0.4 is 0 Å². The van der Waals surface area contributed by atoms with E-state index < -0.39 is 13.2 Å². The van der Waals surface area contributed by atoms with E-state index in [9.17, 15) is 14.6 Å². The number of hydrogen-bond acceptors (Lipinski definition) is 6. The van der Waals surface area contributed by atoms with Crippen molar-refractivity contribution in [1.82, 2.24) is 5.06 Å². The van der Waals surface area contributed by atoms with E-state index in [0.717, 1.165) is 0 Å².